The van der Waals surface area contributed by atoms with Crippen molar-refractivity contribution in [2.45, 2.75) is 44.2 Å². The summed E-state index contributed by atoms with van der Waals surface area (Å²) in [7, 11) is 0. The van der Waals surface area contributed by atoms with E-state index in [1.54, 1.807) is 12.1 Å². The lowest BCUT2D eigenvalue weighted by molar-refractivity contribution is -0.122. The molecule has 20 heavy (non-hydrogen) atoms. The third-order valence-corrected chi connectivity index (χ3v) is 3.78. The minimum Gasteiger partial charge on any atom is -0.492 e. The summed E-state index contributed by atoms with van der Waals surface area (Å²) in [6, 6.07) is 7.19. The van der Waals surface area contributed by atoms with Crippen LogP contribution >= 0.6 is 11.6 Å². The number of carbonyl (C=O) groups excluding carboxylic acids is 1. The standard InChI is InChI=1S/C15H20ClNO3/c16-11-5-1-2-8-14(11)20-10-4-9-15(19)17-12-6-3-7-13(12)18/h1-2,5,8,12-13,18H,3-4,6-7,9-10H2,(H,17,19). The van der Waals surface area contributed by atoms with Crippen molar-refractivity contribution in [3.63, 3.8) is 0 Å². The topological polar surface area (TPSA) is 58.6 Å². The summed E-state index contributed by atoms with van der Waals surface area (Å²) in [6.45, 7) is 0.449. The lowest BCUT2D eigenvalue weighted by Gasteiger charge is -2.16. The maximum Gasteiger partial charge on any atom is 0.220 e. The van der Waals surface area contributed by atoms with Crippen molar-refractivity contribution in [3.05, 3.63) is 29.3 Å². The molecular formula is C15H20ClNO3. The lowest BCUT2D eigenvalue weighted by atomic mass is 10.2. The van der Waals surface area contributed by atoms with E-state index in [1.807, 2.05) is 12.1 Å². The van der Waals surface area contributed by atoms with Gasteiger partial charge in [-0.1, -0.05) is 23.7 Å². The smallest absolute Gasteiger partial charge is 0.220 e. The maximum atomic E-state index is 11.7. The number of ether oxygens (including phenoxy) is 1. The fraction of sp³-hybridized carbons (Fsp3) is 0.533. The number of halogens is 1. The van der Waals surface area contributed by atoms with Gasteiger partial charge in [-0.3, -0.25) is 4.79 Å². The highest BCUT2D eigenvalue weighted by Crippen LogP contribution is 2.23. The van der Waals surface area contributed by atoms with E-state index in [9.17, 15) is 9.90 Å². The Balaban J connectivity index is 1.63. The molecule has 0 spiro atoms. The number of carbonyl (C=O) groups is 1. The van der Waals surface area contributed by atoms with Crippen LogP contribution in [0.2, 0.25) is 5.02 Å². The highest BCUT2D eigenvalue weighted by Gasteiger charge is 2.26. The first-order chi connectivity index (χ1) is 9.66. The van der Waals surface area contributed by atoms with Crippen molar-refractivity contribution >= 4 is 17.5 Å². The molecule has 1 fully saturated rings. The predicted octanol–water partition coefficient (Wildman–Crippen LogP) is 2.53. The van der Waals surface area contributed by atoms with Crippen LogP contribution in [0.1, 0.15) is 32.1 Å². The SMILES string of the molecule is O=C(CCCOc1ccccc1Cl)NC1CCCC1O. The molecule has 1 saturated carbocycles. The van der Waals surface area contributed by atoms with Gasteiger partial charge in [-0.25, -0.2) is 0 Å². The molecular weight excluding hydrogens is 278 g/mol. The van der Waals surface area contributed by atoms with Gasteiger partial charge in [-0.2, -0.15) is 0 Å². The van der Waals surface area contributed by atoms with Crippen LogP contribution in [-0.4, -0.2) is 29.8 Å². The van der Waals surface area contributed by atoms with E-state index < -0.39 is 6.10 Å². The first kappa shape index (κ1) is 15.1. The number of aliphatic hydroxyl groups is 1. The van der Waals surface area contributed by atoms with Gasteiger partial charge in [0.15, 0.2) is 0 Å². The number of hydrogen-bond donors (Lipinski definition) is 2. The summed E-state index contributed by atoms with van der Waals surface area (Å²) in [4.78, 5) is 11.7. The lowest BCUT2D eigenvalue weighted by Crippen LogP contribution is -2.39. The number of benzene rings is 1. The van der Waals surface area contributed by atoms with Crippen molar-refractivity contribution in [1.82, 2.24) is 5.32 Å². The predicted molar refractivity (Wildman–Crippen MR) is 78.0 cm³/mol. The number of rotatable bonds is 6. The van der Waals surface area contributed by atoms with Gasteiger partial charge in [0, 0.05) is 6.42 Å². The molecule has 0 aromatic heterocycles. The third kappa shape index (κ3) is 4.39. The van der Waals surface area contributed by atoms with Gasteiger partial charge < -0.3 is 15.2 Å². The Morgan fingerprint density at radius 2 is 2.20 bits per heavy atom. The van der Waals surface area contributed by atoms with Crippen LogP contribution in [0.4, 0.5) is 0 Å². The third-order valence-electron chi connectivity index (χ3n) is 3.47. The fourth-order valence-electron chi connectivity index (χ4n) is 2.36. The second kappa shape index (κ2) is 7.50. The fourth-order valence-corrected chi connectivity index (χ4v) is 2.55. The highest BCUT2D eigenvalue weighted by atomic mass is 35.5. The van der Waals surface area contributed by atoms with Gasteiger partial charge in [0.2, 0.25) is 5.91 Å². The van der Waals surface area contributed by atoms with Crippen molar-refractivity contribution in [1.29, 1.82) is 0 Å². The molecule has 1 aromatic rings. The largest absolute Gasteiger partial charge is 0.492 e. The molecule has 2 rings (SSSR count). The van der Waals surface area contributed by atoms with E-state index in [0.717, 1.165) is 19.3 Å². The van der Waals surface area contributed by atoms with Crippen LogP contribution in [-0.2, 0) is 4.79 Å². The molecule has 1 aromatic carbocycles. The second-order valence-electron chi connectivity index (χ2n) is 5.05. The molecule has 1 amide bonds. The summed E-state index contributed by atoms with van der Waals surface area (Å²) < 4.78 is 5.52. The Bertz CT molecular complexity index is 452. The van der Waals surface area contributed by atoms with Gasteiger partial charge in [0.05, 0.1) is 23.8 Å². The monoisotopic (exact) mass is 297 g/mol. The Kier molecular flexibility index (Phi) is 5.68. The molecule has 0 radical (unpaired) electrons. The summed E-state index contributed by atoms with van der Waals surface area (Å²) >= 11 is 5.96. The first-order valence-corrected chi connectivity index (χ1v) is 7.39. The van der Waals surface area contributed by atoms with Gasteiger partial charge in [0.25, 0.3) is 0 Å². The minimum atomic E-state index is -0.390. The Morgan fingerprint density at radius 1 is 1.40 bits per heavy atom. The molecule has 0 bridgehead atoms. The molecule has 4 nitrogen and oxygen atoms in total. The molecule has 0 heterocycles. The molecule has 2 N–H and O–H groups in total. The zero-order valence-corrected chi connectivity index (χ0v) is 12.1. The molecule has 1 aliphatic carbocycles. The van der Waals surface area contributed by atoms with E-state index in [4.69, 9.17) is 16.3 Å². The Morgan fingerprint density at radius 3 is 2.90 bits per heavy atom. The van der Waals surface area contributed by atoms with Crippen molar-refractivity contribution in [2.24, 2.45) is 0 Å². The second-order valence-corrected chi connectivity index (χ2v) is 5.46. The van der Waals surface area contributed by atoms with E-state index in [1.165, 1.54) is 0 Å². The maximum absolute atomic E-state index is 11.7. The van der Waals surface area contributed by atoms with Crippen molar-refractivity contribution in [2.75, 3.05) is 6.61 Å². The van der Waals surface area contributed by atoms with E-state index in [0.29, 0.717) is 30.2 Å². The van der Waals surface area contributed by atoms with E-state index in [2.05, 4.69) is 5.32 Å². The number of amides is 1. The Labute approximate surface area is 124 Å². The average molecular weight is 298 g/mol. The average Bonchev–Trinajstić information content (AvgIpc) is 2.82. The molecule has 2 atom stereocenters. The first-order valence-electron chi connectivity index (χ1n) is 7.01. The zero-order valence-electron chi connectivity index (χ0n) is 11.3. The number of para-hydroxylation sites is 1. The summed E-state index contributed by atoms with van der Waals surface area (Å²) in [5, 5.41) is 13.1. The zero-order chi connectivity index (χ0) is 14.4. The van der Waals surface area contributed by atoms with Crippen LogP contribution in [0.5, 0.6) is 5.75 Å². The molecule has 110 valence electrons. The van der Waals surface area contributed by atoms with Crippen molar-refractivity contribution in [3.8, 4) is 5.75 Å². The van der Waals surface area contributed by atoms with Gasteiger partial charge in [-0.15, -0.1) is 0 Å². The van der Waals surface area contributed by atoms with Crippen LogP contribution in [0, 0.1) is 0 Å². The molecule has 0 aliphatic heterocycles. The summed E-state index contributed by atoms with van der Waals surface area (Å²) in [6.07, 6.45) is 3.25. The molecule has 0 saturated heterocycles. The van der Waals surface area contributed by atoms with E-state index in [-0.39, 0.29) is 11.9 Å². The number of nitrogens with one attached hydrogen (secondary N) is 1. The highest BCUT2D eigenvalue weighted by molar-refractivity contribution is 6.32. The van der Waals surface area contributed by atoms with Gasteiger partial charge in [-0.05, 0) is 37.8 Å². The summed E-state index contributed by atoms with van der Waals surface area (Å²) in [5.74, 6) is 0.611. The van der Waals surface area contributed by atoms with Crippen LogP contribution in [0.15, 0.2) is 24.3 Å². The number of hydrogen-bond acceptors (Lipinski definition) is 3. The van der Waals surface area contributed by atoms with Crippen molar-refractivity contribution < 1.29 is 14.6 Å². The van der Waals surface area contributed by atoms with Gasteiger partial charge in [0.1, 0.15) is 5.75 Å². The number of aliphatic hydroxyl groups excluding tert-OH is 1. The van der Waals surface area contributed by atoms with Crippen LogP contribution in [0.25, 0.3) is 0 Å². The van der Waals surface area contributed by atoms with Gasteiger partial charge >= 0.3 is 0 Å². The summed E-state index contributed by atoms with van der Waals surface area (Å²) in [5.41, 5.74) is 0. The minimum absolute atomic E-state index is 0.0290. The Hall–Kier alpha value is -1.26. The van der Waals surface area contributed by atoms with Crippen LogP contribution in [0.3, 0.4) is 0 Å². The van der Waals surface area contributed by atoms with Crippen LogP contribution < -0.4 is 10.1 Å². The molecule has 5 heteroatoms. The normalized spacial score (nSPS) is 21.7. The van der Waals surface area contributed by atoms with E-state index >= 15 is 0 Å². The quantitative estimate of drug-likeness (QED) is 0.793. The molecule has 2 unspecified atom stereocenters. The molecule has 1 aliphatic rings.